The van der Waals surface area contributed by atoms with Gasteiger partial charge in [-0.2, -0.15) is 0 Å². The number of carbonyl (C=O) groups is 2. The maximum absolute atomic E-state index is 13.7. The average molecular weight is 413 g/mol. The quantitative estimate of drug-likeness (QED) is 0.686. The van der Waals surface area contributed by atoms with Crippen LogP contribution in [-0.2, 0) is 4.79 Å². The topological polar surface area (TPSA) is 64.7 Å². The number of carbonyl (C=O) groups excluding carboxylic acids is 2. The molecule has 2 aromatic carbocycles. The Kier molecular flexibility index (Phi) is 7.41. The molecule has 30 heavy (non-hydrogen) atoms. The second-order valence-corrected chi connectivity index (χ2v) is 7.65. The number of halogens is 1. The van der Waals surface area contributed by atoms with Crippen LogP contribution in [-0.4, -0.2) is 56.0 Å². The zero-order valence-electron chi connectivity index (χ0n) is 17.6. The van der Waals surface area contributed by atoms with Crippen molar-refractivity contribution >= 4 is 23.2 Å². The van der Waals surface area contributed by atoms with Gasteiger partial charge in [0.05, 0.1) is 5.69 Å². The van der Waals surface area contributed by atoms with Crippen LogP contribution in [0.15, 0.2) is 42.5 Å². The summed E-state index contributed by atoms with van der Waals surface area (Å²) in [5, 5.41) is 5.26. The summed E-state index contributed by atoms with van der Waals surface area (Å²) in [7, 11) is 0. The van der Waals surface area contributed by atoms with Gasteiger partial charge in [-0.3, -0.25) is 14.5 Å². The Labute approximate surface area is 177 Å². The predicted molar refractivity (Wildman–Crippen MR) is 117 cm³/mol. The van der Waals surface area contributed by atoms with Crippen molar-refractivity contribution in [3.63, 3.8) is 0 Å². The lowest BCUT2D eigenvalue weighted by Crippen LogP contribution is -2.47. The molecule has 0 unspecified atom stereocenters. The molecule has 3 rings (SSSR count). The monoisotopic (exact) mass is 412 g/mol. The fourth-order valence-corrected chi connectivity index (χ4v) is 3.61. The van der Waals surface area contributed by atoms with E-state index < -0.39 is 5.82 Å². The normalized spacial score (nSPS) is 14.4. The van der Waals surface area contributed by atoms with Crippen LogP contribution in [0.5, 0.6) is 0 Å². The summed E-state index contributed by atoms with van der Waals surface area (Å²) in [5.41, 5.74) is 2.89. The molecule has 0 spiro atoms. The van der Waals surface area contributed by atoms with Gasteiger partial charge < -0.3 is 15.5 Å². The minimum absolute atomic E-state index is 0.0154. The Morgan fingerprint density at radius 2 is 1.83 bits per heavy atom. The number of nitrogens with zero attached hydrogens (tertiary/aromatic N) is 2. The molecule has 0 atom stereocenters. The summed E-state index contributed by atoms with van der Waals surface area (Å²) >= 11 is 0. The third-order valence-electron chi connectivity index (χ3n) is 5.22. The SMILES string of the molecule is CC(=O)Nc1cc(C(=O)NCCCN2CCN(c3cccc(C)c3)CC2)ccc1F. The standard InChI is InChI=1S/C23H29FN4O2/c1-17-5-3-6-20(15-17)28-13-11-27(12-14-28)10-4-9-25-23(30)19-7-8-21(24)22(16-19)26-18(2)29/h3,5-8,15-16H,4,9-14H2,1-2H3,(H,25,30)(H,26,29). The van der Waals surface area contributed by atoms with Gasteiger partial charge in [-0.15, -0.1) is 0 Å². The van der Waals surface area contributed by atoms with E-state index >= 15 is 0 Å². The molecule has 0 saturated carbocycles. The molecule has 7 heteroatoms. The van der Waals surface area contributed by atoms with E-state index in [0.29, 0.717) is 12.1 Å². The second-order valence-electron chi connectivity index (χ2n) is 7.65. The Morgan fingerprint density at radius 3 is 2.53 bits per heavy atom. The van der Waals surface area contributed by atoms with Crippen molar-refractivity contribution in [2.75, 3.05) is 49.5 Å². The summed E-state index contributed by atoms with van der Waals surface area (Å²) < 4.78 is 13.7. The van der Waals surface area contributed by atoms with E-state index in [1.165, 1.54) is 36.4 Å². The summed E-state index contributed by atoms with van der Waals surface area (Å²) in [6, 6.07) is 12.6. The average Bonchev–Trinajstić information content (AvgIpc) is 2.73. The van der Waals surface area contributed by atoms with E-state index in [2.05, 4.69) is 51.6 Å². The Hall–Kier alpha value is -2.93. The Bertz CT molecular complexity index is 895. The number of anilines is 2. The number of amides is 2. The highest BCUT2D eigenvalue weighted by Crippen LogP contribution is 2.18. The van der Waals surface area contributed by atoms with Gasteiger partial charge in [-0.05, 0) is 55.8 Å². The van der Waals surface area contributed by atoms with Gasteiger partial charge in [0, 0.05) is 50.9 Å². The molecule has 0 bridgehead atoms. The number of benzene rings is 2. The maximum atomic E-state index is 13.7. The van der Waals surface area contributed by atoms with Crippen molar-refractivity contribution in [3.05, 3.63) is 59.4 Å². The molecule has 2 amide bonds. The van der Waals surface area contributed by atoms with Gasteiger partial charge in [0.2, 0.25) is 5.91 Å². The van der Waals surface area contributed by atoms with Gasteiger partial charge in [0.25, 0.3) is 5.91 Å². The van der Waals surface area contributed by atoms with Crippen LogP contribution in [0.25, 0.3) is 0 Å². The third kappa shape index (κ3) is 6.03. The zero-order valence-corrected chi connectivity index (χ0v) is 17.6. The minimum Gasteiger partial charge on any atom is -0.369 e. The predicted octanol–water partition coefficient (Wildman–Crippen LogP) is 3.03. The molecular weight excluding hydrogens is 383 g/mol. The fourth-order valence-electron chi connectivity index (χ4n) is 3.61. The van der Waals surface area contributed by atoms with Crippen LogP contribution >= 0.6 is 0 Å². The summed E-state index contributed by atoms with van der Waals surface area (Å²) in [6.45, 7) is 8.87. The first-order chi connectivity index (χ1) is 14.4. The van der Waals surface area contributed by atoms with Gasteiger partial charge in [-0.1, -0.05) is 12.1 Å². The fraction of sp³-hybridized carbons (Fsp3) is 0.391. The van der Waals surface area contributed by atoms with Crippen molar-refractivity contribution < 1.29 is 14.0 Å². The largest absolute Gasteiger partial charge is 0.369 e. The number of hydrogen-bond acceptors (Lipinski definition) is 4. The number of hydrogen-bond donors (Lipinski definition) is 2. The number of nitrogens with one attached hydrogen (secondary N) is 2. The van der Waals surface area contributed by atoms with Crippen LogP contribution < -0.4 is 15.5 Å². The Morgan fingerprint density at radius 1 is 1.07 bits per heavy atom. The third-order valence-corrected chi connectivity index (χ3v) is 5.22. The highest BCUT2D eigenvalue weighted by molar-refractivity contribution is 5.96. The Balaban J connectivity index is 1.39. The minimum atomic E-state index is -0.563. The second kappa shape index (κ2) is 10.2. The van der Waals surface area contributed by atoms with Crippen molar-refractivity contribution in [3.8, 4) is 0 Å². The molecule has 0 aromatic heterocycles. The first-order valence-electron chi connectivity index (χ1n) is 10.3. The van der Waals surface area contributed by atoms with Gasteiger partial charge in [-0.25, -0.2) is 4.39 Å². The van der Waals surface area contributed by atoms with Gasteiger partial charge >= 0.3 is 0 Å². The smallest absolute Gasteiger partial charge is 0.251 e. The van der Waals surface area contributed by atoms with Crippen molar-refractivity contribution in [1.82, 2.24) is 10.2 Å². The molecule has 1 heterocycles. The van der Waals surface area contributed by atoms with E-state index in [1.54, 1.807) is 0 Å². The molecule has 2 aromatic rings. The number of piperazine rings is 1. The first kappa shape index (κ1) is 21.8. The summed E-state index contributed by atoms with van der Waals surface area (Å²) in [5.74, 6) is -1.22. The molecule has 1 aliphatic heterocycles. The number of rotatable bonds is 7. The van der Waals surface area contributed by atoms with E-state index in [1.807, 2.05) is 0 Å². The molecule has 1 fully saturated rings. The highest BCUT2D eigenvalue weighted by atomic mass is 19.1. The van der Waals surface area contributed by atoms with Crippen LogP contribution in [0.3, 0.4) is 0 Å². The number of aryl methyl sites for hydroxylation is 1. The lowest BCUT2D eigenvalue weighted by molar-refractivity contribution is -0.114. The molecule has 1 aliphatic rings. The lowest BCUT2D eigenvalue weighted by Gasteiger charge is -2.36. The van der Waals surface area contributed by atoms with E-state index in [9.17, 15) is 14.0 Å². The first-order valence-corrected chi connectivity index (χ1v) is 10.3. The van der Waals surface area contributed by atoms with E-state index in [-0.39, 0.29) is 17.5 Å². The van der Waals surface area contributed by atoms with Crippen LogP contribution in [0.4, 0.5) is 15.8 Å². The molecule has 0 aliphatic carbocycles. The van der Waals surface area contributed by atoms with Gasteiger partial charge in [0.15, 0.2) is 0 Å². The van der Waals surface area contributed by atoms with Crippen LogP contribution in [0.2, 0.25) is 0 Å². The summed E-state index contributed by atoms with van der Waals surface area (Å²) in [6.07, 6.45) is 0.843. The van der Waals surface area contributed by atoms with E-state index in [4.69, 9.17) is 0 Å². The summed E-state index contributed by atoms with van der Waals surface area (Å²) in [4.78, 5) is 28.3. The zero-order chi connectivity index (χ0) is 21.5. The highest BCUT2D eigenvalue weighted by Gasteiger charge is 2.17. The maximum Gasteiger partial charge on any atom is 0.251 e. The molecule has 2 N–H and O–H groups in total. The van der Waals surface area contributed by atoms with Crippen molar-refractivity contribution in [2.24, 2.45) is 0 Å². The van der Waals surface area contributed by atoms with Crippen molar-refractivity contribution in [2.45, 2.75) is 20.3 Å². The molecule has 1 saturated heterocycles. The molecule has 160 valence electrons. The molecular formula is C23H29FN4O2. The van der Waals surface area contributed by atoms with Crippen LogP contribution in [0, 0.1) is 12.7 Å². The van der Waals surface area contributed by atoms with Gasteiger partial charge in [0.1, 0.15) is 5.82 Å². The van der Waals surface area contributed by atoms with Crippen LogP contribution in [0.1, 0.15) is 29.3 Å². The molecule has 6 nitrogen and oxygen atoms in total. The molecule has 0 radical (unpaired) electrons. The lowest BCUT2D eigenvalue weighted by atomic mass is 10.1. The van der Waals surface area contributed by atoms with E-state index in [0.717, 1.165) is 39.1 Å². The van der Waals surface area contributed by atoms with Crippen molar-refractivity contribution in [1.29, 1.82) is 0 Å².